The summed E-state index contributed by atoms with van der Waals surface area (Å²) in [5, 5.41) is 0. The predicted molar refractivity (Wildman–Crippen MR) is 261 cm³/mol. The number of carbonyl (C=O) groups is 3. The average Bonchev–Trinajstić information content (AvgIpc) is 3.26. The Labute approximate surface area is 378 Å². The van der Waals surface area contributed by atoms with Gasteiger partial charge in [0.1, 0.15) is 13.2 Å². The van der Waals surface area contributed by atoms with Gasteiger partial charge in [0.05, 0.1) is 0 Å². The van der Waals surface area contributed by atoms with Gasteiger partial charge in [-0.05, 0) is 70.6 Å². The molecule has 61 heavy (non-hydrogen) atoms. The van der Waals surface area contributed by atoms with Gasteiger partial charge in [-0.3, -0.25) is 14.4 Å². The van der Waals surface area contributed by atoms with Crippen molar-refractivity contribution in [3.63, 3.8) is 0 Å². The van der Waals surface area contributed by atoms with Crippen molar-refractivity contribution in [2.75, 3.05) is 13.2 Å². The number of esters is 3. The van der Waals surface area contributed by atoms with E-state index in [4.69, 9.17) is 14.2 Å². The first-order valence-electron chi connectivity index (χ1n) is 26.5. The highest BCUT2D eigenvalue weighted by atomic mass is 16.6. The second-order valence-corrected chi connectivity index (χ2v) is 17.8. The summed E-state index contributed by atoms with van der Waals surface area (Å²) >= 11 is 0. The quantitative estimate of drug-likeness (QED) is 0.0262. The normalized spacial score (nSPS) is 12.2. The first-order chi connectivity index (χ1) is 30.0. The Bertz CT molecular complexity index is 1030. The Hall–Kier alpha value is -2.37. The van der Waals surface area contributed by atoms with Crippen molar-refractivity contribution in [1.82, 2.24) is 0 Å². The first-order valence-corrected chi connectivity index (χ1v) is 26.5. The van der Waals surface area contributed by atoms with Crippen molar-refractivity contribution in [1.29, 1.82) is 0 Å². The van der Waals surface area contributed by atoms with Gasteiger partial charge in [-0.25, -0.2) is 0 Å². The van der Waals surface area contributed by atoms with Crippen molar-refractivity contribution >= 4 is 17.9 Å². The maximum absolute atomic E-state index is 12.8. The van der Waals surface area contributed by atoms with E-state index in [9.17, 15) is 14.4 Å². The third-order valence-electron chi connectivity index (χ3n) is 11.6. The van der Waals surface area contributed by atoms with Crippen LogP contribution in [0.2, 0.25) is 0 Å². The van der Waals surface area contributed by atoms with E-state index >= 15 is 0 Å². The van der Waals surface area contributed by atoms with Crippen LogP contribution in [0.4, 0.5) is 0 Å². The van der Waals surface area contributed by atoms with Crippen molar-refractivity contribution in [2.24, 2.45) is 0 Å². The van der Waals surface area contributed by atoms with E-state index in [-0.39, 0.29) is 31.1 Å². The zero-order valence-electron chi connectivity index (χ0n) is 40.7. The van der Waals surface area contributed by atoms with Crippen LogP contribution in [0.5, 0.6) is 0 Å². The van der Waals surface area contributed by atoms with Gasteiger partial charge in [-0.15, -0.1) is 0 Å². The van der Waals surface area contributed by atoms with Gasteiger partial charge in [-0.1, -0.05) is 224 Å². The van der Waals surface area contributed by atoms with Crippen molar-refractivity contribution < 1.29 is 28.6 Å². The summed E-state index contributed by atoms with van der Waals surface area (Å²) in [6, 6.07) is 0. The average molecular weight is 857 g/mol. The fraction of sp³-hybridized carbons (Fsp3) is 0.836. The van der Waals surface area contributed by atoms with E-state index in [2.05, 4.69) is 57.2 Å². The molecular formula is C55H100O6. The van der Waals surface area contributed by atoms with Crippen molar-refractivity contribution in [2.45, 2.75) is 284 Å². The Morgan fingerprint density at radius 1 is 0.344 bits per heavy atom. The standard InChI is InChI=1S/C55H100O6/c1-4-7-10-13-16-19-22-25-26-27-28-29-30-31-34-36-39-42-45-48-54(57)60-51-52(61-55(58)49-46-43-40-37-33-24-21-18-15-12-9-6-3)50-59-53(56)47-44-41-38-35-32-23-20-17-14-11-8-5-2/h9,12,17-18,20-21,52H,4-8,10-11,13-16,19,22-51H2,1-3H3/b12-9-,20-17-,21-18-. The van der Waals surface area contributed by atoms with E-state index < -0.39 is 6.10 Å². The van der Waals surface area contributed by atoms with Crippen LogP contribution in [0, 0.1) is 0 Å². The number of unbranched alkanes of at least 4 members (excludes halogenated alkanes) is 31. The molecular weight excluding hydrogens is 757 g/mol. The second kappa shape index (κ2) is 50.3. The summed E-state index contributed by atoms with van der Waals surface area (Å²) in [5.41, 5.74) is 0. The lowest BCUT2D eigenvalue weighted by Crippen LogP contribution is -2.30. The summed E-state index contributed by atoms with van der Waals surface area (Å²) in [7, 11) is 0. The van der Waals surface area contributed by atoms with E-state index in [0.717, 1.165) is 96.3 Å². The first kappa shape index (κ1) is 58.6. The topological polar surface area (TPSA) is 78.9 Å². The van der Waals surface area contributed by atoms with Gasteiger partial charge in [0.15, 0.2) is 6.10 Å². The van der Waals surface area contributed by atoms with Gasteiger partial charge in [-0.2, -0.15) is 0 Å². The molecule has 0 spiro atoms. The maximum Gasteiger partial charge on any atom is 0.306 e. The number of carbonyl (C=O) groups excluding carboxylic acids is 3. The molecule has 0 radical (unpaired) electrons. The van der Waals surface area contributed by atoms with Crippen LogP contribution in [0.25, 0.3) is 0 Å². The molecule has 0 saturated carbocycles. The van der Waals surface area contributed by atoms with Crippen LogP contribution in [0.1, 0.15) is 278 Å². The molecule has 356 valence electrons. The molecule has 0 aromatic heterocycles. The minimum atomic E-state index is -0.778. The van der Waals surface area contributed by atoms with Gasteiger partial charge in [0.25, 0.3) is 0 Å². The van der Waals surface area contributed by atoms with Crippen LogP contribution in [-0.4, -0.2) is 37.2 Å². The molecule has 0 amide bonds. The Balaban J connectivity index is 4.29. The molecule has 6 heteroatoms. The number of allylic oxidation sites excluding steroid dienone is 6. The summed E-state index contributed by atoms with van der Waals surface area (Å²) in [5.74, 6) is -0.892. The molecule has 0 bridgehead atoms. The summed E-state index contributed by atoms with van der Waals surface area (Å²) in [6.07, 6.45) is 58.5. The van der Waals surface area contributed by atoms with E-state index in [0.29, 0.717) is 19.3 Å². The van der Waals surface area contributed by atoms with Crippen molar-refractivity contribution in [3.05, 3.63) is 36.5 Å². The van der Waals surface area contributed by atoms with Gasteiger partial charge in [0.2, 0.25) is 0 Å². The lowest BCUT2D eigenvalue weighted by Gasteiger charge is -2.18. The summed E-state index contributed by atoms with van der Waals surface area (Å²) in [4.78, 5) is 37.9. The number of ether oxygens (including phenoxy) is 3. The molecule has 0 N–H and O–H groups in total. The maximum atomic E-state index is 12.8. The zero-order valence-corrected chi connectivity index (χ0v) is 40.7. The Morgan fingerprint density at radius 2 is 0.639 bits per heavy atom. The number of rotatable bonds is 48. The number of hydrogen-bond donors (Lipinski definition) is 0. The lowest BCUT2D eigenvalue weighted by atomic mass is 10.0. The van der Waals surface area contributed by atoms with Gasteiger partial charge >= 0.3 is 17.9 Å². The van der Waals surface area contributed by atoms with E-state index in [1.54, 1.807) is 0 Å². The molecule has 0 aliphatic heterocycles. The predicted octanol–water partition coefficient (Wildman–Crippen LogP) is 17.3. The monoisotopic (exact) mass is 857 g/mol. The summed E-state index contributed by atoms with van der Waals surface area (Å²) < 4.78 is 16.8. The Kier molecular flexibility index (Phi) is 48.3. The molecule has 6 nitrogen and oxygen atoms in total. The van der Waals surface area contributed by atoms with Crippen molar-refractivity contribution in [3.8, 4) is 0 Å². The third kappa shape index (κ3) is 48.5. The molecule has 1 unspecified atom stereocenters. The van der Waals surface area contributed by atoms with Crippen LogP contribution < -0.4 is 0 Å². The highest BCUT2D eigenvalue weighted by Crippen LogP contribution is 2.16. The van der Waals surface area contributed by atoms with E-state index in [1.165, 1.54) is 141 Å². The van der Waals surface area contributed by atoms with Crippen LogP contribution >= 0.6 is 0 Å². The van der Waals surface area contributed by atoms with Crippen LogP contribution in [0.3, 0.4) is 0 Å². The SMILES string of the molecule is CC/C=C\C/C=C\CCCCCCCC(=O)OC(COC(=O)CCCCCCC/C=C\CCCCC)COC(=O)CCCCCCCCCCCCCCCCCCCCC. The lowest BCUT2D eigenvalue weighted by molar-refractivity contribution is -0.167. The fourth-order valence-electron chi connectivity index (χ4n) is 7.65. The molecule has 0 rings (SSSR count). The minimum absolute atomic E-state index is 0.0776. The minimum Gasteiger partial charge on any atom is -0.462 e. The molecule has 0 heterocycles. The largest absolute Gasteiger partial charge is 0.462 e. The van der Waals surface area contributed by atoms with Gasteiger partial charge in [0, 0.05) is 19.3 Å². The fourth-order valence-corrected chi connectivity index (χ4v) is 7.65. The van der Waals surface area contributed by atoms with E-state index in [1.807, 2.05) is 0 Å². The highest BCUT2D eigenvalue weighted by Gasteiger charge is 2.19. The summed E-state index contributed by atoms with van der Waals surface area (Å²) in [6.45, 7) is 6.51. The molecule has 0 aliphatic carbocycles. The molecule has 0 aromatic rings. The smallest absolute Gasteiger partial charge is 0.306 e. The second-order valence-electron chi connectivity index (χ2n) is 17.8. The van der Waals surface area contributed by atoms with Crippen LogP contribution in [-0.2, 0) is 28.6 Å². The molecule has 0 aliphatic rings. The number of hydrogen-bond acceptors (Lipinski definition) is 6. The Morgan fingerprint density at radius 3 is 1.03 bits per heavy atom. The van der Waals surface area contributed by atoms with Crippen LogP contribution in [0.15, 0.2) is 36.5 Å². The highest BCUT2D eigenvalue weighted by molar-refractivity contribution is 5.71. The zero-order chi connectivity index (χ0) is 44.4. The third-order valence-corrected chi connectivity index (χ3v) is 11.6. The van der Waals surface area contributed by atoms with Gasteiger partial charge < -0.3 is 14.2 Å². The molecule has 0 fully saturated rings. The molecule has 0 aromatic carbocycles. The molecule has 0 saturated heterocycles. The molecule has 1 atom stereocenters.